The zero-order chi connectivity index (χ0) is 16.7. The Morgan fingerprint density at radius 2 is 2.13 bits per heavy atom. The number of benzene rings is 1. The first-order chi connectivity index (χ1) is 11.1. The molecule has 23 heavy (non-hydrogen) atoms. The highest BCUT2D eigenvalue weighted by molar-refractivity contribution is 7.11. The fourth-order valence-corrected chi connectivity index (χ4v) is 2.83. The number of halogens is 2. The molecule has 0 bridgehead atoms. The standard InChI is InChI=1S/C16H20F2N4S/c1-3-13-9-21-15(23-13)10-22-16(19-2)20-7-6-11-8-12(17)4-5-14(11)18/h4-5,8-9H,3,6-7,10H2,1-2H3,(H2,19,20,22). The highest BCUT2D eigenvalue weighted by Gasteiger charge is 2.05. The second kappa shape index (κ2) is 8.57. The van der Waals surface area contributed by atoms with E-state index in [4.69, 9.17) is 0 Å². The Balaban J connectivity index is 1.80. The van der Waals surface area contributed by atoms with Crippen LogP contribution in [0.4, 0.5) is 8.78 Å². The molecule has 0 saturated carbocycles. The summed E-state index contributed by atoms with van der Waals surface area (Å²) >= 11 is 1.66. The maximum atomic E-state index is 13.5. The molecule has 0 fully saturated rings. The van der Waals surface area contributed by atoms with E-state index in [1.54, 1.807) is 18.4 Å². The molecule has 4 nitrogen and oxygen atoms in total. The highest BCUT2D eigenvalue weighted by atomic mass is 32.1. The molecule has 0 atom stereocenters. The van der Waals surface area contributed by atoms with Crippen molar-refractivity contribution in [3.63, 3.8) is 0 Å². The van der Waals surface area contributed by atoms with Crippen LogP contribution in [-0.4, -0.2) is 24.5 Å². The maximum absolute atomic E-state index is 13.5. The fourth-order valence-electron chi connectivity index (χ4n) is 2.02. The van der Waals surface area contributed by atoms with E-state index >= 15 is 0 Å². The van der Waals surface area contributed by atoms with Gasteiger partial charge in [-0.1, -0.05) is 6.92 Å². The molecule has 2 rings (SSSR count). The number of thiazole rings is 1. The van der Waals surface area contributed by atoms with Crippen molar-refractivity contribution in [2.75, 3.05) is 13.6 Å². The fraction of sp³-hybridized carbons (Fsp3) is 0.375. The molecule has 0 radical (unpaired) electrons. The van der Waals surface area contributed by atoms with Gasteiger partial charge >= 0.3 is 0 Å². The zero-order valence-corrected chi connectivity index (χ0v) is 14.0. The smallest absolute Gasteiger partial charge is 0.191 e. The predicted molar refractivity (Wildman–Crippen MR) is 89.8 cm³/mol. The van der Waals surface area contributed by atoms with Crippen molar-refractivity contribution in [1.29, 1.82) is 0 Å². The molecule has 2 aromatic rings. The van der Waals surface area contributed by atoms with Crippen LogP contribution in [0.5, 0.6) is 0 Å². The Morgan fingerprint density at radius 1 is 1.30 bits per heavy atom. The first-order valence-corrected chi connectivity index (χ1v) is 8.26. The molecule has 0 aliphatic heterocycles. The lowest BCUT2D eigenvalue weighted by atomic mass is 10.1. The predicted octanol–water partition coefficient (Wildman–Crippen LogP) is 2.89. The van der Waals surface area contributed by atoms with E-state index in [1.807, 2.05) is 6.20 Å². The summed E-state index contributed by atoms with van der Waals surface area (Å²) in [7, 11) is 1.66. The molecule has 0 aliphatic rings. The van der Waals surface area contributed by atoms with E-state index in [0.29, 0.717) is 31.0 Å². The minimum Gasteiger partial charge on any atom is -0.356 e. The van der Waals surface area contributed by atoms with Crippen molar-refractivity contribution in [1.82, 2.24) is 15.6 Å². The largest absolute Gasteiger partial charge is 0.356 e. The Bertz CT molecular complexity index is 670. The van der Waals surface area contributed by atoms with E-state index in [0.717, 1.165) is 23.6 Å². The maximum Gasteiger partial charge on any atom is 0.191 e. The van der Waals surface area contributed by atoms with Crippen LogP contribution in [0.2, 0.25) is 0 Å². The summed E-state index contributed by atoms with van der Waals surface area (Å²) in [6, 6.07) is 3.48. The number of rotatable bonds is 6. The summed E-state index contributed by atoms with van der Waals surface area (Å²) in [5, 5.41) is 7.22. The highest BCUT2D eigenvalue weighted by Crippen LogP contribution is 2.13. The monoisotopic (exact) mass is 338 g/mol. The second-order valence-electron chi connectivity index (χ2n) is 4.91. The first kappa shape index (κ1) is 17.3. The average molecular weight is 338 g/mol. The van der Waals surface area contributed by atoms with Crippen molar-refractivity contribution >= 4 is 17.3 Å². The topological polar surface area (TPSA) is 49.3 Å². The Kier molecular flexibility index (Phi) is 6.46. The summed E-state index contributed by atoms with van der Waals surface area (Å²) in [5.74, 6) is -0.222. The van der Waals surface area contributed by atoms with Gasteiger partial charge in [0.1, 0.15) is 16.6 Å². The van der Waals surface area contributed by atoms with Crippen molar-refractivity contribution in [3.05, 3.63) is 51.5 Å². The molecule has 1 aromatic carbocycles. The van der Waals surface area contributed by atoms with Crippen molar-refractivity contribution in [3.8, 4) is 0 Å². The van der Waals surface area contributed by atoms with Crippen molar-refractivity contribution in [2.24, 2.45) is 4.99 Å². The molecule has 7 heteroatoms. The van der Waals surface area contributed by atoms with Crippen LogP contribution in [0.1, 0.15) is 22.4 Å². The molecule has 0 amide bonds. The van der Waals surface area contributed by atoms with Gasteiger partial charge in [0.25, 0.3) is 0 Å². The number of nitrogens with zero attached hydrogens (tertiary/aromatic N) is 2. The lowest BCUT2D eigenvalue weighted by molar-refractivity contribution is 0.583. The number of nitrogens with one attached hydrogen (secondary N) is 2. The number of aromatic nitrogens is 1. The van der Waals surface area contributed by atoms with Crippen LogP contribution in [0.15, 0.2) is 29.4 Å². The molecule has 2 N–H and O–H groups in total. The van der Waals surface area contributed by atoms with Crippen LogP contribution < -0.4 is 10.6 Å². The van der Waals surface area contributed by atoms with Gasteiger partial charge in [-0.15, -0.1) is 11.3 Å². The minimum absolute atomic E-state index is 0.348. The van der Waals surface area contributed by atoms with Gasteiger partial charge in [0.05, 0.1) is 6.54 Å². The number of guanidine groups is 1. The molecule has 1 heterocycles. The van der Waals surface area contributed by atoms with Crippen LogP contribution in [0.3, 0.4) is 0 Å². The summed E-state index contributed by atoms with van der Waals surface area (Å²) in [6.45, 7) is 3.13. The lowest BCUT2D eigenvalue weighted by Gasteiger charge is -2.11. The van der Waals surface area contributed by atoms with Gasteiger partial charge in [-0.05, 0) is 36.6 Å². The SMILES string of the molecule is CCc1cnc(CNC(=NC)NCCc2cc(F)ccc2F)s1. The van der Waals surface area contributed by atoms with E-state index in [2.05, 4.69) is 27.5 Å². The third kappa shape index (κ3) is 5.28. The third-order valence-corrected chi connectivity index (χ3v) is 4.42. The lowest BCUT2D eigenvalue weighted by Crippen LogP contribution is -2.37. The van der Waals surface area contributed by atoms with Crippen LogP contribution in [0.25, 0.3) is 0 Å². The normalized spacial score (nSPS) is 11.6. The number of aryl methyl sites for hydroxylation is 1. The summed E-state index contributed by atoms with van der Waals surface area (Å²) in [4.78, 5) is 9.67. The second-order valence-corrected chi connectivity index (χ2v) is 6.11. The quantitative estimate of drug-likeness (QED) is 0.629. The molecule has 0 unspecified atom stereocenters. The Morgan fingerprint density at radius 3 is 2.83 bits per heavy atom. The van der Waals surface area contributed by atoms with E-state index in [-0.39, 0.29) is 0 Å². The minimum atomic E-state index is -0.431. The van der Waals surface area contributed by atoms with Gasteiger partial charge in [0.15, 0.2) is 5.96 Å². The summed E-state index contributed by atoms with van der Waals surface area (Å²) in [5.41, 5.74) is 0.348. The van der Waals surface area contributed by atoms with Crippen LogP contribution >= 0.6 is 11.3 Å². The van der Waals surface area contributed by atoms with Gasteiger partial charge < -0.3 is 10.6 Å². The van der Waals surface area contributed by atoms with Crippen LogP contribution in [0, 0.1) is 11.6 Å². The Hall–Kier alpha value is -2.02. The molecular weight excluding hydrogens is 318 g/mol. The number of hydrogen-bond acceptors (Lipinski definition) is 3. The molecule has 0 aliphatic carbocycles. The van der Waals surface area contributed by atoms with Gasteiger partial charge in [0.2, 0.25) is 0 Å². The van der Waals surface area contributed by atoms with Gasteiger partial charge in [-0.25, -0.2) is 13.8 Å². The third-order valence-electron chi connectivity index (χ3n) is 3.28. The molecular formula is C16H20F2N4S. The summed E-state index contributed by atoms with van der Waals surface area (Å²) in [6.07, 6.45) is 3.23. The Labute approximate surface area is 138 Å². The number of aliphatic imine (C=N–C) groups is 1. The molecule has 0 saturated heterocycles. The van der Waals surface area contributed by atoms with E-state index in [9.17, 15) is 8.78 Å². The molecule has 0 spiro atoms. The van der Waals surface area contributed by atoms with Crippen molar-refractivity contribution in [2.45, 2.75) is 26.3 Å². The average Bonchev–Trinajstić information content (AvgIpc) is 3.02. The van der Waals surface area contributed by atoms with Crippen molar-refractivity contribution < 1.29 is 8.78 Å². The van der Waals surface area contributed by atoms with E-state index in [1.165, 1.54) is 10.9 Å². The van der Waals surface area contributed by atoms with Gasteiger partial charge in [-0.2, -0.15) is 0 Å². The zero-order valence-electron chi connectivity index (χ0n) is 13.2. The molecule has 124 valence electrons. The van der Waals surface area contributed by atoms with Gasteiger partial charge in [-0.3, -0.25) is 4.99 Å². The van der Waals surface area contributed by atoms with E-state index < -0.39 is 11.6 Å². The first-order valence-electron chi connectivity index (χ1n) is 7.44. The summed E-state index contributed by atoms with van der Waals surface area (Å²) < 4.78 is 26.6. The molecule has 1 aromatic heterocycles. The van der Waals surface area contributed by atoms with Gasteiger partial charge in [0, 0.05) is 24.7 Å². The number of hydrogen-bond donors (Lipinski definition) is 2. The van der Waals surface area contributed by atoms with Crippen LogP contribution in [-0.2, 0) is 19.4 Å².